The zero-order valence-electron chi connectivity index (χ0n) is 11.1. The van der Waals surface area contributed by atoms with Crippen molar-refractivity contribution in [3.8, 4) is 6.07 Å². The van der Waals surface area contributed by atoms with Crippen LogP contribution in [0.15, 0.2) is 11.3 Å². The lowest BCUT2D eigenvalue weighted by Crippen LogP contribution is -2.09. The number of nitriles is 1. The Balaban J connectivity index is 5.09. The fraction of sp³-hybridized carbons (Fsp3) is 0.636. The van der Waals surface area contributed by atoms with Crippen molar-refractivity contribution in [1.82, 2.24) is 0 Å². The number of carbonyl (C=O) groups excluding carboxylic acids is 1. The maximum Gasteiger partial charge on any atom is 0.378 e. The standard InChI is InChI=1S/C11H18NO5P/c1-5-15-11(13)10(8-12)9(4)17-18(14,7-3)16-6-2/h5-7H2,1-4H3/b10-9+. The molecule has 0 saturated heterocycles. The van der Waals surface area contributed by atoms with Crippen LogP contribution in [-0.4, -0.2) is 25.3 Å². The molecular formula is C11H18NO5P. The number of allylic oxidation sites excluding steroid dienone is 1. The van der Waals surface area contributed by atoms with E-state index in [0.29, 0.717) is 0 Å². The van der Waals surface area contributed by atoms with E-state index in [9.17, 15) is 9.36 Å². The number of rotatable bonds is 7. The van der Waals surface area contributed by atoms with Crippen LogP contribution in [0.2, 0.25) is 0 Å². The second-order valence-electron chi connectivity index (χ2n) is 3.20. The van der Waals surface area contributed by atoms with E-state index in [2.05, 4.69) is 0 Å². The van der Waals surface area contributed by atoms with Crippen LogP contribution in [0.3, 0.4) is 0 Å². The molecule has 7 heteroatoms. The third-order valence-electron chi connectivity index (χ3n) is 1.93. The molecule has 0 N–H and O–H groups in total. The largest absolute Gasteiger partial charge is 0.462 e. The number of ether oxygens (including phenoxy) is 1. The molecule has 0 spiro atoms. The summed E-state index contributed by atoms with van der Waals surface area (Å²) < 4.78 is 26.9. The lowest BCUT2D eigenvalue weighted by molar-refractivity contribution is -0.138. The van der Waals surface area contributed by atoms with Crippen LogP contribution in [0, 0.1) is 11.3 Å². The normalized spacial score (nSPS) is 15.1. The van der Waals surface area contributed by atoms with E-state index in [4.69, 9.17) is 19.0 Å². The highest BCUT2D eigenvalue weighted by Crippen LogP contribution is 2.49. The molecule has 0 bridgehead atoms. The maximum absolute atomic E-state index is 12.1. The summed E-state index contributed by atoms with van der Waals surface area (Å²) in [4.78, 5) is 11.4. The second kappa shape index (κ2) is 7.91. The highest BCUT2D eigenvalue weighted by molar-refractivity contribution is 7.53. The quantitative estimate of drug-likeness (QED) is 0.233. The van der Waals surface area contributed by atoms with Gasteiger partial charge in [-0.05, 0) is 20.8 Å². The molecule has 0 fully saturated rings. The Labute approximate surface area is 107 Å². The van der Waals surface area contributed by atoms with E-state index in [0.717, 1.165) is 0 Å². The molecule has 0 aliphatic carbocycles. The average Bonchev–Trinajstić information content (AvgIpc) is 2.30. The van der Waals surface area contributed by atoms with Crippen LogP contribution in [-0.2, 0) is 23.1 Å². The van der Waals surface area contributed by atoms with E-state index in [-0.39, 0.29) is 30.7 Å². The predicted molar refractivity (Wildman–Crippen MR) is 65.8 cm³/mol. The van der Waals surface area contributed by atoms with Crippen molar-refractivity contribution in [2.45, 2.75) is 27.7 Å². The first-order chi connectivity index (χ1) is 8.44. The lowest BCUT2D eigenvalue weighted by Gasteiger charge is -2.17. The predicted octanol–water partition coefficient (Wildman–Crippen LogP) is 2.61. The van der Waals surface area contributed by atoms with Crippen LogP contribution in [0.1, 0.15) is 27.7 Å². The van der Waals surface area contributed by atoms with Gasteiger partial charge in [-0.2, -0.15) is 5.26 Å². The maximum atomic E-state index is 12.1. The average molecular weight is 275 g/mol. The Morgan fingerprint density at radius 3 is 2.28 bits per heavy atom. The van der Waals surface area contributed by atoms with Crippen molar-refractivity contribution in [1.29, 1.82) is 5.26 Å². The number of esters is 1. The van der Waals surface area contributed by atoms with Crippen molar-refractivity contribution in [3.05, 3.63) is 11.3 Å². The Hall–Kier alpha value is -1.31. The van der Waals surface area contributed by atoms with E-state index < -0.39 is 13.6 Å². The molecule has 0 aromatic carbocycles. The summed E-state index contributed by atoms with van der Waals surface area (Å²) in [6.45, 7) is 6.70. The first-order valence-corrected chi connectivity index (χ1v) is 7.38. The first-order valence-electron chi connectivity index (χ1n) is 5.65. The van der Waals surface area contributed by atoms with E-state index in [1.807, 2.05) is 0 Å². The van der Waals surface area contributed by atoms with Gasteiger partial charge in [-0.25, -0.2) is 9.36 Å². The van der Waals surface area contributed by atoms with E-state index in [1.54, 1.807) is 26.8 Å². The number of carbonyl (C=O) groups is 1. The zero-order valence-corrected chi connectivity index (χ0v) is 12.0. The summed E-state index contributed by atoms with van der Waals surface area (Å²) >= 11 is 0. The van der Waals surface area contributed by atoms with E-state index in [1.165, 1.54) is 6.92 Å². The molecule has 0 aromatic rings. The molecule has 0 radical (unpaired) electrons. The summed E-state index contributed by atoms with van der Waals surface area (Å²) in [5.74, 6) is -0.841. The fourth-order valence-corrected chi connectivity index (χ4v) is 2.37. The topological polar surface area (TPSA) is 85.6 Å². The molecule has 1 unspecified atom stereocenters. The minimum atomic E-state index is -3.30. The summed E-state index contributed by atoms with van der Waals surface area (Å²) in [5.41, 5.74) is -0.301. The minimum absolute atomic E-state index is 0.0467. The van der Waals surface area contributed by atoms with Crippen LogP contribution in [0.4, 0.5) is 0 Å². The van der Waals surface area contributed by atoms with Crippen LogP contribution in [0.5, 0.6) is 0 Å². The van der Waals surface area contributed by atoms with Gasteiger partial charge in [0.05, 0.1) is 19.4 Å². The molecule has 1 atom stereocenters. The summed E-state index contributed by atoms with van der Waals surface area (Å²) in [6.07, 6.45) is 0.152. The van der Waals surface area contributed by atoms with Gasteiger partial charge in [0.2, 0.25) is 0 Å². The van der Waals surface area contributed by atoms with Crippen molar-refractivity contribution < 1.29 is 23.1 Å². The molecule has 6 nitrogen and oxygen atoms in total. The molecule has 102 valence electrons. The Bertz CT molecular complexity index is 410. The van der Waals surface area contributed by atoms with Gasteiger partial charge in [-0.15, -0.1) is 0 Å². The Morgan fingerprint density at radius 2 is 1.89 bits per heavy atom. The number of hydrogen-bond donors (Lipinski definition) is 0. The van der Waals surface area contributed by atoms with Crippen molar-refractivity contribution in [2.75, 3.05) is 19.4 Å². The number of nitrogens with zero attached hydrogens (tertiary/aromatic N) is 1. The summed E-state index contributed by atoms with van der Waals surface area (Å²) in [7, 11) is -3.30. The van der Waals surface area contributed by atoms with Gasteiger partial charge in [-0.1, -0.05) is 6.92 Å². The number of hydrogen-bond acceptors (Lipinski definition) is 6. The Kier molecular flexibility index (Phi) is 7.33. The molecule has 0 rings (SSSR count). The highest BCUT2D eigenvalue weighted by Gasteiger charge is 2.26. The van der Waals surface area contributed by atoms with Crippen LogP contribution < -0.4 is 0 Å². The molecule has 0 saturated carbocycles. The Morgan fingerprint density at radius 1 is 1.28 bits per heavy atom. The summed E-state index contributed by atoms with van der Waals surface area (Å²) in [6, 6.07) is 1.68. The smallest absolute Gasteiger partial charge is 0.378 e. The van der Waals surface area contributed by atoms with Gasteiger partial charge in [0.25, 0.3) is 0 Å². The lowest BCUT2D eigenvalue weighted by atomic mass is 10.2. The van der Waals surface area contributed by atoms with Gasteiger partial charge in [-0.3, -0.25) is 0 Å². The van der Waals surface area contributed by atoms with Crippen LogP contribution in [0.25, 0.3) is 0 Å². The molecule has 0 amide bonds. The minimum Gasteiger partial charge on any atom is -0.462 e. The van der Waals surface area contributed by atoms with Gasteiger partial charge in [0.15, 0.2) is 5.57 Å². The van der Waals surface area contributed by atoms with Crippen molar-refractivity contribution in [3.63, 3.8) is 0 Å². The first kappa shape index (κ1) is 16.7. The third-order valence-corrected chi connectivity index (χ3v) is 3.91. The molecule has 18 heavy (non-hydrogen) atoms. The van der Waals surface area contributed by atoms with Gasteiger partial charge in [0.1, 0.15) is 11.8 Å². The van der Waals surface area contributed by atoms with Gasteiger partial charge < -0.3 is 13.8 Å². The summed E-state index contributed by atoms with van der Waals surface area (Å²) in [5, 5.41) is 8.87. The SMILES string of the molecule is CCOC(=O)/C(C#N)=C(\C)OP(=O)(CC)OCC. The van der Waals surface area contributed by atoms with Crippen molar-refractivity contribution in [2.24, 2.45) is 0 Å². The fourth-order valence-electron chi connectivity index (χ4n) is 1.10. The highest BCUT2D eigenvalue weighted by atomic mass is 31.2. The second-order valence-corrected chi connectivity index (χ2v) is 5.49. The molecule has 0 heterocycles. The van der Waals surface area contributed by atoms with Crippen molar-refractivity contribution >= 4 is 13.6 Å². The van der Waals surface area contributed by atoms with E-state index >= 15 is 0 Å². The van der Waals surface area contributed by atoms with Gasteiger partial charge in [0, 0.05) is 0 Å². The molecular weight excluding hydrogens is 257 g/mol. The monoisotopic (exact) mass is 275 g/mol. The third kappa shape index (κ3) is 4.91. The molecule has 0 aromatic heterocycles. The zero-order chi connectivity index (χ0) is 14.2. The van der Waals surface area contributed by atoms with Gasteiger partial charge >= 0.3 is 13.6 Å². The molecule has 0 aliphatic rings. The molecule has 0 aliphatic heterocycles. The van der Waals surface area contributed by atoms with Crippen LogP contribution >= 0.6 is 7.60 Å².